The number of hydroxylamine groups is 2. The quantitative estimate of drug-likeness (QED) is 0.619. The van der Waals surface area contributed by atoms with Gasteiger partial charge in [-0.05, 0) is 34.7 Å². The van der Waals surface area contributed by atoms with Crippen LogP contribution in [0.1, 0.15) is 13.8 Å². The molecule has 0 heterocycles. The first-order valence-corrected chi connectivity index (χ1v) is 7.45. The van der Waals surface area contributed by atoms with Gasteiger partial charge < -0.3 is 4.84 Å². The fraction of sp³-hybridized carbons (Fsp3) is 0.250. The summed E-state index contributed by atoms with van der Waals surface area (Å²) in [4.78, 5) is 29.2. The van der Waals surface area contributed by atoms with E-state index in [0.717, 1.165) is 32.5 Å². The van der Waals surface area contributed by atoms with Gasteiger partial charge >= 0.3 is 11.2 Å². The molecule has 0 atom stereocenters. The van der Waals surface area contributed by atoms with Crippen molar-refractivity contribution >= 4 is 33.7 Å². The Morgan fingerprint density at radius 3 is 2.43 bits per heavy atom. The highest BCUT2D eigenvalue weighted by molar-refractivity contribution is 8.13. The van der Waals surface area contributed by atoms with Crippen molar-refractivity contribution in [1.29, 1.82) is 0 Å². The highest BCUT2D eigenvalue weighted by Gasteiger charge is 2.17. The maximum atomic E-state index is 12.0. The summed E-state index contributed by atoms with van der Waals surface area (Å²) >= 11 is 1.03. The normalized spacial score (nSPS) is 10.7. The minimum atomic E-state index is -0.426. The van der Waals surface area contributed by atoms with Crippen LogP contribution in [-0.4, -0.2) is 23.3 Å². The van der Waals surface area contributed by atoms with Gasteiger partial charge in [0.1, 0.15) is 0 Å². The van der Waals surface area contributed by atoms with Crippen molar-refractivity contribution in [3.05, 3.63) is 42.5 Å². The van der Waals surface area contributed by atoms with Crippen LogP contribution in [0.3, 0.4) is 0 Å². The standard InChI is InChI=1S/C16H17NO3S/c1-11(2)15(18)20-17(3)16(19)21-14-9-8-12-6-4-5-7-13(12)10-14/h4-11H,1-3H3. The smallest absolute Gasteiger partial charge is 0.335 e. The fourth-order valence-corrected chi connectivity index (χ4v) is 2.36. The highest BCUT2D eigenvalue weighted by Crippen LogP contribution is 2.25. The summed E-state index contributed by atoms with van der Waals surface area (Å²) in [5, 5.41) is 2.83. The first-order chi connectivity index (χ1) is 9.97. The van der Waals surface area contributed by atoms with E-state index >= 15 is 0 Å². The molecular weight excluding hydrogens is 286 g/mol. The van der Waals surface area contributed by atoms with E-state index in [1.54, 1.807) is 13.8 Å². The lowest BCUT2D eigenvalue weighted by Gasteiger charge is -2.16. The van der Waals surface area contributed by atoms with Crippen LogP contribution in [-0.2, 0) is 9.63 Å². The van der Waals surface area contributed by atoms with E-state index in [2.05, 4.69) is 0 Å². The summed E-state index contributed by atoms with van der Waals surface area (Å²) in [6.45, 7) is 3.44. The average Bonchev–Trinajstić information content (AvgIpc) is 2.46. The largest absolute Gasteiger partial charge is 0.337 e. The fourth-order valence-electron chi connectivity index (χ4n) is 1.67. The molecule has 0 fully saturated rings. The molecular formula is C16H17NO3S. The molecule has 21 heavy (non-hydrogen) atoms. The van der Waals surface area contributed by atoms with E-state index in [-0.39, 0.29) is 11.2 Å². The second-order valence-corrected chi connectivity index (χ2v) is 5.96. The summed E-state index contributed by atoms with van der Waals surface area (Å²) in [5.41, 5.74) is 0. The molecule has 0 saturated carbocycles. The van der Waals surface area contributed by atoms with Crippen LogP contribution in [0.5, 0.6) is 0 Å². The van der Waals surface area contributed by atoms with Crippen molar-refractivity contribution in [2.75, 3.05) is 7.05 Å². The second-order valence-electron chi connectivity index (χ2n) is 4.94. The lowest BCUT2D eigenvalue weighted by molar-refractivity contribution is -0.174. The number of hydrogen-bond acceptors (Lipinski definition) is 4. The third-order valence-electron chi connectivity index (χ3n) is 2.88. The Kier molecular flexibility index (Phi) is 4.85. The van der Waals surface area contributed by atoms with Gasteiger partial charge in [0, 0.05) is 11.9 Å². The van der Waals surface area contributed by atoms with Crippen LogP contribution in [0.15, 0.2) is 47.4 Å². The van der Waals surface area contributed by atoms with Crippen LogP contribution < -0.4 is 0 Å². The Balaban J connectivity index is 2.05. The number of rotatable bonds is 2. The second kappa shape index (κ2) is 6.63. The summed E-state index contributed by atoms with van der Waals surface area (Å²) in [6.07, 6.45) is 0. The van der Waals surface area contributed by atoms with Gasteiger partial charge in [-0.25, -0.2) is 4.79 Å². The van der Waals surface area contributed by atoms with E-state index < -0.39 is 5.97 Å². The van der Waals surface area contributed by atoms with Crippen molar-refractivity contribution in [2.45, 2.75) is 18.7 Å². The van der Waals surface area contributed by atoms with E-state index in [1.807, 2.05) is 42.5 Å². The van der Waals surface area contributed by atoms with Crippen molar-refractivity contribution in [3.8, 4) is 0 Å². The van der Waals surface area contributed by atoms with E-state index in [9.17, 15) is 9.59 Å². The number of benzene rings is 2. The molecule has 110 valence electrons. The topological polar surface area (TPSA) is 46.6 Å². The lowest BCUT2D eigenvalue weighted by Crippen LogP contribution is -2.28. The van der Waals surface area contributed by atoms with Crippen LogP contribution >= 0.6 is 11.8 Å². The highest BCUT2D eigenvalue weighted by atomic mass is 32.2. The molecule has 2 aromatic rings. The third-order valence-corrected chi connectivity index (χ3v) is 3.80. The summed E-state index contributed by atoms with van der Waals surface area (Å²) < 4.78 is 0. The molecule has 1 amide bonds. The molecule has 0 aliphatic rings. The Morgan fingerprint density at radius 2 is 1.76 bits per heavy atom. The Morgan fingerprint density at radius 1 is 1.10 bits per heavy atom. The minimum absolute atomic E-state index is 0.272. The monoisotopic (exact) mass is 303 g/mol. The molecule has 4 nitrogen and oxygen atoms in total. The molecule has 0 aliphatic heterocycles. The first kappa shape index (κ1) is 15.4. The zero-order valence-electron chi connectivity index (χ0n) is 12.2. The predicted molar refractivity (Wildman–Crippen MR) is 83.9 cm³/mol. The summed E-state index contributed by atoms with van der Waals surface area (Å²) in [5.74, 6) is -0.698. The third kappa shape index (κ3) is 3.98. The number of thioether (sulfide) groups is 1. The maximum absolute atomic E-state index is 12.0. The molecule has 2 aromatic carbocycles. The van der Waals surface area contributed by atoms with Crippen molar-refractivity contribution in [2.24, 2.45) is 5.92 Å². The maximum Gasteiger partial charge on any atom is 0.335 e. The molecule has 5 heteroatoms. The Labute approximate surface area is 128 Å². The molecule has 0 unspecified atom stereocenters. The first-order valence-electron chi connectivity index (χ1n) is 6.63. The van der Waals surface area contributed by atoms with Crippen molar-refractivity contribution < 1.29 is 14.4 Å². The van der Waals surface area contributed by atoms with Gasteiger partial charge in [-0.15, -0.1) is 0 Å². The van der Waals surface area contributed by atoms with E-state index in [1.165, 1.54) is 7.05 Å². The van der Waals surface area contributed by atoms with Crippen LogP contribution in [0.4, 0.5) is 4.79 Å². The summed E-state index contributed by atoms with van der Waals surface area (Å²) in [7, 11) is 1.44. The molecule has 0 aromatic heterocycles. The van der Waals surface area contributed by atoms with Crippen molar-refractivity contribution in [1.82, 2.24) is 5.06 Å². The van der Waals surface area contributed by atoms with Gasteiger partial charge in [-0.3, -0.25) is 4.79 Å². The number of carbonyl (C=O) groups excluding carboxylic acids is 2. The van der Waals surface area contributed by atoms with Crippen LogP contribution in [0.25, 0.3) is 10.8 Å². The molecule has 0 bridgehead atoms. The predicted octanol–water partition coefficient (Wildman–Crippen LogP) is 4.10. The molecule has 0 spiro atoms. The Bertz CT molecular complexity index is 669. The van der Waals surface area contributed by atoms with Gasteiger partial charge in [0.05, 0.1) is 5.92 Å². The summed E-state index contributed by atoms with van der Waals surface area (Å²) in [6, 6.07) is 13.7. The van der Waals surface area contributed by atoms with Gasteiger partial charge in [-0.1, -0.05) is 44.2 Å². The van der Waals surface area contributed by atoms with E-state index in [0.29, 0.717) is 0 Å². The molecule has 0 aliphatic carbocycles. The number of amides is 1. The number of nitrogens with zero attached hydrogens (tertiary/aromatic N) is 1. The van der Waals surface area contributed by atoms with Crippen LogP contribution in [0.2, 0.25) is 0 Å². The zero-order valence-corrected chi connectivity index (χ0v) is 13.0. The number of fused-ring (bicyclic) bond motifs is 1. The number of hydrogen-bond donors (Lipinski definition) is 0. The van der Waals surface area contributed by atoms with Crippen molar-refractivity contribution in [3.63, 3.8) is 0 Å². The average molecular weight is 303 g/mol. The van der Waals surface area contributed by atoms with Gasteiger partial charge in [0.15, 0.2) is 0 Å². The molecule has 0 saturated heterocycles. The van der Waals surface area contributed by atoms with Crippen LogP contribution in [0, 0.1) is 5.92 Å². The molecule has 2 rings (SSSR count). The lowest BCUT2D eigenvalue weighted by atomic mass is 10.1. The molecule has 0 radical (unpaired) electrons. The Hall–Kier alpha value is -2.01. The van der Waals surface area contributed by atoms with Gasteiger partial charge in [0.25, 0.3) is 0 Å². The number of carbonyl (C=O) groups is 2. The minimum Gasteiger partial charge on any atom is -0.337 e. The SMILES string of the molecule is CC(C)C(=O)ON(C)C(=O)Sc1ccc2ccccc2c1. The zero-order chi connectivity index (χ0) is 15.4. The molecule has 0 N–H and O–H groups in total. The van der Waals surface area contributed by atoms with E-state index in [4.69, 9.17) is 4.84 Å². The van der Waals surface area contributed by atoms with Gasteiger partial charge in [-0.2, -0.15) is 5.06 Å². The van der Waals surface area contributed by atoms with Gasteiger partial charge in [0.2, 0.25) is 0 Å².